The van der Waals surface area contributed by atoms with Gasteiger partial charge in [-0.2, -0.15) is 29.9 Å². The van der Waals surface area contributed by atoms with Crippen molar-refractivity contribution in [2.75, 3.05) is 45.1 Å². The van der Waals surface area contributed by atoms with Crippen LogP contribution >= 0.6 is 0 Å². The van der Waals surface area contributed by atoms with Crippen LogP contribution < -0.4 is 91.0 Å². The van der Waals surface area contributed by atoms with Crippen LogP contribution in [0.4, 0.5) is 58.4 Å². The number of aromatic nitrogens is 6. The fourth-order valence-corrected chi connectivity index (χ4v) is 6.70. The summed E-state index contributed by atoms with van der Waals surface area (Å²) < 4.78 is 75.1. The molecule has 6 rings (SSSR count). The van der Waals surface area contributed by atoms with Gasteiger partial charge in [-0.1, -0.05) is 60.7 Å². The van der Waals surface area contributed by atoms with Crippen molar-refractivity contribution in [1.82, 2.24) is 29.9 Å². The predicted molar refractivity (Wildman–Crippen MR) is 224 cm³/mol. The second kappa shape index (κ2) is 22.5. The first-order chi connectivity index (χ1) is 28.6. The first-order valence-electron chi connectivity index (χ1n) is 18.0. The molecule has 24 heteroatoms. The van der Waals surface area contributed by atoms with Gasteiger partial charge in [0.1, 0.15) is 20.2 Å². The summed E-state index contributed by atoms with van der Waals surface area (Å²) in [5.41, 5.74) is 1.29. The monoisotopic (exact) mass is 900 g/mol. The van der Waals surface area contributed by atoms with Crippen LogP contribution in [0, 0.1) is 0 Å². The van der Waals surface area contributed by atoms with Crippen LogP contribution in [0.3, 0.4) is 0 Å². The number of hydrogen-bond acceptors (Lipinski definition) is 20. The van der Waals surface area contributed by atoms with Crippen molar-refractivity contribution in [3.8, 4) is 0 Å². The standard InChI is InChI=1S/C38H40N12O8S2.2Na/c1-23(21-51)39-33-45-35(41-27-9-5-3-6-10-27)49-37(47-33)43-29-17-15-25(31(19-29)59(53,54)55)13-14-26-16-18-30(20-32(26)60(56,57)58)44-38-48-34(40-24(2)22-52)46-36(50-38)42-28-11-7-4-8-12-28;;/h3-20,23-24,51-52H,21-22H2,1-2H3,(H,53,54,55)(H,56,57,58)(H3,39,41,43,45,47,49)(H3,40,42,44,46,48,50);;/q;2*+1/p-2/b14-13+;;. The Morgan fingerprint density at radius 1 is 0.500 bits per heavy atom. The Balaban J connectivity index is 0.00000422. The van der Waals surface area contributed by atoms with E-state index in [0.717, 1.165) is 12.1 Å². The largest absolute Gasteiger partial charge is 1.00 e. The molecule has 0 radical (unpaired) electrons. The number of aliphatic hydroxyl groups is 2. The number of benzene rings is 4. The van der Waals surface area contributed by atoms with Gasteiger partial charge in [0.15, 0.2) is 0 Å². The zero-order valence-electron chi connectivity index (χ0n) is 33.8. The van der Waals surface area contributed by atoms with Crippen LogP contribution in [-0.2, 0) is 20.2 Å². The van der Waals surface area contributed by atoms with Gasteiger partial charge < -0.3 is 51.2 Å². The maximum atomic E-state index is 12.5. The molecule has 0 saturated heterocycles. The second-order valence-electron chi connectivity index (χ2n) is 13.0. The number of hydrogen-bond donors (Lipinski definition) is 8. The van der Waals surface area contributed by atoms with E-state index in [-0.39, 0.29) is 131 Å². The maximum Gasteiger partial charge on any atom is 1.00 e. The molecule has 2 heterocycles. The molecule has 2 unspecified atom stereocenters. The SMILES string of the molecule is CC(CO)Nc1nc(Nc2ccccc2)nc(Nc2ccc(/C=C/c3ccc(Nc4nc(Nc5ccccc5)nc(NC(C)CO)n4)cc3S(=O)(=O)[O-])c(S(=O)(=O)[O-])c2)n1.[Na+].[Na+]. The summed E-state index contributed by atoms with van der Waals surface area (Å²) in [5, 5.41) is 36.8. The van der Waals surface area contributed by atoms with Gasteiger partial charge in [0.25, 0.3) is 0 Å². The summed E-state index contributed by atoms with van der Waals surface area (Å²) in [7, 11) is -10.3. The number of rotatable bonds is 18. The second-order valence-corrected chi connectivity index (χ2v) is 15.7. The van der Waals surface area contributed by atoms with Crippen LogP contribution in [0.1, 0.15) is 25.0 Å². The van der Waals surface area contributed by atoms with Gasteiger partial charge in [-0.15, -0.1) is 0 Å². The van der Waals surface area contributed by atoms with Crippen LogP contribution in [0.2, 0.25) is 0 Å². The van der Waals surface area contributed by atoms with E-state index in [1.807, 2.05) is 12.1 Å². The maximum absolute atomic E-state index is 12.5. The van der Waals surface area contributed by atoms with Crippen molar-refractivity contribution < 1.29 is 95.3 Å². The van der Waals surface area contributed by atoms with Crippen molar-refractivity contribution in [1.29, 1.82) is 0 Å². The smallest absolute Gasteiger partial charge is 0.744 e. The van der Waals surface area contributed by atoms with Crippen molar-refractivity contribution in [3.63, 3.8) is 0 Å². The van der Waals surface area contributed by atoms with Crippen molar-refractivity contribution in [2.45, 2.75) is 35.7 Å². The number of nitrogens with one attached hydrogen (secondary N) is 6. The van der Waals surface area contributed by atoms with Gasteiger partial charge in [-0.25, -0.2) is 16.8 Å². The number of anilines is 10. The first kappa shape index (κ1) is 49.8. The fraction of sp³-hybridized carbons (Fsp3) is 0.158. The van der Waals surface area contributed by atoms with E-state index in [1.165, 1.54) is 36.4 Å². The normalized spacial score (nSPS) is 12.3. The Bertz CT molecular complexity index is 2530. The van der Waals surface area contributed by atoms with Gasteiger partial charge in [-0.05, 0) is 73.5 Å². The summed E-state index contributed by atoms with van der Waals surface area (Å²) >= 11 is 0. The summed E-state index contributed by atoms with van der Waals surface area (Å²) in [4.78, 5) is 24.6. The molecular weight excluding hydrogens is 863 g/mol. The van der Waals surface area contributed by atoms with Crippen molar-refractivity contribution in [3.05, 3.63) is 108 Å². The van der Waals surface area contributed by atoms with Gasteiger partial charge in [0.2, 0.25) is 35.7 Å². The predicted octanol–water partition coefficient (Wildman–Crippen LogP) is -1.40. The zero-order valence-corrected chi connectivity index (χ0v) is 39.4. The van der Waals surface area contributed by atoms with E-state index in [1.54, 1.807) is 62.4 Å². The molecule has 4 aromatic carbocycles. The molecule has 0 amide bonds. The summed E-state index contributed by atoms with van der Waals surface area (Å²) in [6, 6.07) is 24.7. The Morgan fingerprint density at radius 2 is 0.806 bits per heavy atom. The molecule has 62 heavy (non-hydrogen) atoms. The first-order valence-corrected chi connectivity index (χ1v) is 20.8. The third kappa shape index (κ3) is 14.4. The van der Waals surface area contributed by atoms with E-state index in [9.17, 15) is 36.2 Å². The minimum absolute atomic E-state index is 0. The van der Waals surface area contributed by atoms with Crippen LogP contribution in [0.25, 0.3) is 12.2 Å². The Kier molecular flexibility index (Phi) is 18.1. The van der Waals surface area contributed by atoms with Crippen molar-refractivity contribution in [2.24, 2.45) is 0 Å². The number of nitrogens with zero attached hydrogens (tertiary/aromatic N) is 6. The molecule has 0 aliphatic heterocycles. The molecule has 0 fully saturated rings. The minimum Gasteiger partial charge on any atom is -0.744 e. The topological polar surface area (TPSA) is 304 Å². The molecule has 0 aliphatic rings. The average Bonchev–Trinajstić information content (AvgIpc) is 3.20. The summed E-state index contributed by atoms with van der Waals surface area (Å²) in [5.74, 6) is 0.311. The quantitative estimate of drug-likeness (QED) is 0.0280. The molecule has 20 nitrogen and oxygen atoms in total. The Hall–Kier alpha value is -4.82. The van der Waals surface area contributed by atoms with Crippen molar-refractivity contribution >= 4 is 90.8 Å². The number of aliphatic hydroxyl groups excluding tert-OH is 2. The van der Waals surface area contributed by atoms with Crippen LogP contribution in [0.15, 0.2) is 107 Å². The molecule has 8 N–H and O–H groups in total. The van der Waals surface area contributed by atoms with E-state index in [4.69, 9.17) is 0 Å². The van der Waals surface area contributed by atoms with Gasteiger partial charge in [0, 0.05) is 34.8 Å². The Morgan fingerprint density at radius 3 is 1.11 bits per heavy atom. The van der Waals surface area contributed by atoms with Crippen LogP contribution in [0.5, 0.6) is 0 Å². The summed E-state index contributed by atoms with van der Waals surface area (Å²) in [6.45, 7) is 2.96. The third-order valence-electron chi connectivity index (χ3n) is 8.15. The molecule has 0 spiro atoms. The molecule has 2 aromatic heterocycles. The van der Waals surface area contributed by atoms with Gasteiger partial charge in [-0.3, -0.25) is 0 Å². The van der Waals surface area contributed by atoms with Gasteiger partial charge in [0.05, 0.1) is 23.0 Å². The van der Waals surface area contributed by atoms with Crippen LogP contribution in [-0.4, -0.2) is 91.4 Å². The minimum atomic E-state index is -5.13. The van der Waals surface area contributed by atoms with E-state index >= 15 is 0 Å². The van der Waals surface area contributed by atoms with Gasteiger partial charge >= 0.3 is 59.1 Å². The number of para-hydroxylation sites is 2. The van der Waals surface area contributed by atoms with E-state index in [0.29, 0.717) is 11.4 Å². The molecule has 312 valence electrons. The molecule has 0 aliphatic carbocycles. The van der Waals surface area contributed by atoms with E-state index in [2.05, 4.69) is 61.8 Å². The molecule has 0 saturated carbocycles. The fourth-order valence-electron chi connectivity index (χ4n) is 5.31. The molecule has 2 atom stereocenters. The summed E-state index contributed by atoms with van der Waals surface area (Å²) in [6.07, 6.45) is 2.37. The van der Waals surface area contributed by atoms with E-state index < -0.39 is 42.1 Å². The average molecular weight is 901 g/mol. The molecular formula is C38H38N12Na2O8S2. The molecule has 0 bridgehead atoms. The Labute approximate surface area is 401 Å². The third-order valence-corrected chi connectivity index (χ3v) is 9.93. The zero-order chi connectivity index (χ0) is 42.9. The molecule has 6 aromatic rings.